The van der Waals surface area contributed by atoms with Crippen LogP contribution in [0.4, 0.5) is 0 Å². The van der Waals surface area contributed by atoms with Gasteiger partial charge in [-0.1, -0.05) is 36.4 Å². The van der Waals surface area contributed by atoms with Crippen molar-refractivity contribution in [1.29, 1.82) is 0 Å². The summed E-state index contributed by atoms with van der Waals surface area (Å²) in [5, 5.41) is 3.07. The summed E-state index contributed by atoms with van der Waals surface area (Å²) in [7, 11) is 1.63. The fourth-order valence-electron chi connectivity index (χ4n) is 2.64. The molecule has 2 aromatic carbocycles. The second-order valence-electron chi connectivity index (χ2n) is 5.92. The second-order valence-corrected chi connectivity index (χ2v) is 5.92. The Labute approximate surface area is 144 Å². The quantitative estimate of drug-likeness (QED) is 0.740. The second kappa shape index (κ2) is 8.92. The van der Waals surface area contributed by atoms with Crippen molar-refractivity contribution in [1.82, 2.24) is 5.32 Å². The van der Waals surface area contributed by atoms with Crippen LogP contribution in [0.25, 0.3) is 0 Å². The molecule has 2 aromatic rings. The molecule has 0 aromatic heterocycles. The first-order valence-electron chi connectivity index (χ1n) is 8.26. The van der Waals surface area contributed by atoms with E-state index in [0.29, 0.717) is 12.0 Å². The van der Waals surface area contributed by atoms with Gasteiger partial charge in [-0.05, 0) is 55.5 Å². The van der Waals surface area contributed by atoms with E-state index < -0.39 is 0 Å². The Hall–Kier alpha value is -2.55. The highest BCUT2D eigenvalue weighted by molar-refractivity contribution is 5.94. The van der Waals surface area contributed by atoms with Gasteiger partial charge in [0.2, 0.25) is 0 Å². The van der Waals surface area contributed by atoms with Crippen molar-refractivity contribution >= 4 is 5.91 Å². The van der Waals surface area contributed by atoms with Gasteiger partial charge in [0.15, 0.2) is 0 Å². The van der Waals surface area contributed by atoms with E-state index in [-0.39, 0.29) is 11.9 Å². The Morgan fingerprint density at radius 2 is 2.00 bits per heavy atom. The lowest BCUT2D eigenvalue weighted by molar-refractivity contribution is 0.0938. The van der Waals surface area contributed by atoms with Crippen LogP contribution in [0.3, 0.4) is 0 Å². The molecular weight excluding hydrogens is 298 g/mol. The van der Waals surface area contributed by atoms with E-state index in [1.807, 2.05) is 43.3 Å². The molecule has 0 spiro atoms. The van der Waals surface area contributed by atoms with Crippen LogP contribution in [-0.4, -0.2) is 19.1 Å². The van der Waals surface area contributed by atoms with Gasteiger partial charge in [0.05, 0.1) is 7.11 Å². The molecule has 2 rings (SSSR count). The highest BCUT2D eigenvalue weighted by Crippen LogP contribution is 2.21. The third-order valence-electron chi connectivity index (χ3n) is 3.99. The Balaban J connectivity index is 1.95. The molecule has 0 heterocycles. The van der Waals surface area contributed by atoms with Crippen molar-refractivity contribution in [2.24, 2.45) is 0 Å². The Kier molecular flexibility index (Phi) is 6.62. The van der Waals surface area contributed by atoms with Crippen molar-refractivity contribution in [2.45, 2.75) is 32.2 Å². The molecule has 1 N–H and O–H groups in total. The maximum absolute atomic E-state index is 12.4. The molecule has 24 heavy (non-hydrogen) atoms. The van der Waals surface area contributed by atoms with E-state index in [4.69, 9.17) is 4.74 Å². The summed E-state index contributed by atoms with van der Waals surface area (Å²) >= 11 is 0. The van der Waals surface area contributed by atoms with Gasteiger partial charge in [-0.2, -0.15) is 0 Å². The molecule has 126 valence electrons. The van der Waals surface area contributed by atoms with E-state index in [1.165, 1.54) is 5.56 Å². The van der Waals surface area contributed by atoms with Gasteiger partial charge < -0.3 is 10.1 Å². The largest absolute Gasteiger partial charge is 0.496 e. The summed E-state index contributed by atoms with van der Waals surface area (Å²) in [6, 6.07) is 15.9. The number of benzene rings is 2. The van der Waals surface area contributed by atoms with Crippen LogP contribution in [0.1, 0.15) is 34.8 Å². The number of methoxy groups -OCH3 is 1. The number of carbonyl (C=O) groups is 1. The summed E-state index contributed by atoms with van der Waals surface area (Å²) in [6.45, 7) is 5.79. The van der Waals surface area contributed by atoms with Gasteiger partial charge in [0, 0.05) is 11.6 Å². The van der Waals surface area contributed by atoms with Gasteiger partial charge in [0.1, 0.15) is 5.75 Å². The number of nitrogens with one attached hydrogen (secondary N) is 1. The topological polar surface area (TPSA) is 38.3 Å². The minimum absolute atomic E-state index is 0.0523. The number of hydrogen-bond donors (Lipinski definition) is 1. The average molecular weight is 323 g/mol. The van der Waals surface area contributed by atoms with Crippen LogP contribution >= 0.6 is 0 Å². The maximum Gasteiger partial charge on any atom is 0.251 e. The monoisotopic (exact) mass is 323 g/mol. The highest BCUT2D eigenvalue weighted by atomic mass is 16.5. The Bertz CT molecular complexity index is 679. The zero-order valence-corrected chi connectivity index (χ0v) is 14.4. The zero-order chi connectivity index (χ0) is 17.4. The highest BCUT2D eigenvalue weighted by Gasteiger charge is 2.12. The average Bonchev–Trinajstić information content (AvgIpc) is 2.61. The molecule has 0 aliphatic carbocycles. The summed E-state index contributed by atoms with van der Waals surface area (Å²) in [5.41, 5.74) is 2.91. The van der Waals surface area contributed by atoms with Crippen molar-refractivity contribution in [3.05, 3.63) is 77.9 Å². The Morgan fingerprint density at radius 1 is 1.25 bits per heavy atom. The van der Waals surface area contributed by atoms with E-state index in [9.17, 15) is 4.79 Å². The zero-order valence-electron chi connectivity index (χ0n) is 14.4. The van der Waals surface area contributed by atoms with E-state index in [2.05, 4.69) is 24.0 Å². The van der Waals surface area contributed by atoms with Gasteiger partial charge in [-0.3, -0.25) is 4.79 Å². The van der Waals surface area contributed by atoms with Gasteiger partial charge in [-0.15, -0.1) is 6.58 Å². The number of carbonyl (C=O) groups excluding carboxylic acids is 1. The molecule has 0 aliphatic rings. The Morgan fingerprint density at radius 3 is 2.67 bits per heavy atom. The molecule has 1 atom stereocenters. The first kappa shape index (κ1) is 17.8. The first-order chi connectivity index (χ1) is 11.6. The van der Waals surface area contributed by atoms with E-state index in [0.717, 1.165) is 24.2 Å². The summed E-state index contributed by atoms with van der Waals surface area (Å²) in [4.78, 5) is 12.4. The fourth-order valence-corrected chi connectivity index (χ4v) is 2.64. The van der Waals surface area contributed by atoms with Crippen LogP contribution in [0.5, 0.6) is 5.75 Å². The van der Waals surface area contributed by atoms with Crippen molar-refractivity contribution in [2.75, 3.05) is 7.11 Å². The molecule has 0 unspecified atom stereocenters. The van der Waals surface area contributed by atoms with Crippen molar-refractivity contribution in [3.63, 3.8) is 0 Å². The number of ether oxygens (including phenoxy) is 1. The molecule has 0 radical (unpaired) electrons. The number of allylic oxidation sites excluding steroid dienone is 1. The molecule has 0 bridgehead atoms. The van der Waals surface area contributed by atoms with E-state index in [1.54, 1.807) is 13.2 Å². The smallest absolute Gasteiger partial charge is 0.251 e. The lowest BCUT2D eigenvalue weighted by atomic mass is 10.0. The molecule has 0 saturated heterocycles. The van der Waals surface area contributed by atoms with Gasteiger partial charge in [-0.25, -0.2) is 0 Å². The fraction of sp³-hybridized carbons (Fsp3) is 0.286. The number of hydrogen-bond acceptors (Lipinski definition) is 2. The minimum Gasteiger partial charge on any atom is -0.496 e. The normalized spacial score (nSPS) is 11.6. The van der Waals surface area contributed by atoms with Crippen molar-refractivity contribution < 1.29 is 9.53 Å². The van der Waals surface area contributed by atoms with Crippen LogP contribution in [0.15, 0.2) is 61.2 Å². The van der Waals surface area contributed by atoms with Crippen LogP contribution in [0, 0.1) is 0 Å². The molecule has 3 heteroatoms. The third kappa shape index (κ3) is 4.98. The molecule has 0 aliphatic heterocycles. The van der Waals surface area contributed by atoms with Crippen LogP contribution < -0.4 is 10.1 Å². The molecule has 1 amide bonds. The maximum atomic E-state index is 12.4. The first-order valence-corrected chi connectivity index (χ1v) is 8.26. The summed E-state index contributed by atoms with van der Waals surface area (Å²) in [5.74, 6) is 0.729. The van der Waals surface area contributed by atoms with Gasteiger partial charge in [0.25, 0.3) is 5.91 Å². The van der Waals surface area contributed by atoms with Crippen molar-refractivity contribution in [3.8, 4) is 5.75 Å². The number of rotatable bonds is 8. The lowest BCUT2D eigenvalue weighted by Crippen LogP contribution is -2.32. The molecule has 3 nitrogen and oxygen atoms in total. The van der Waals surface area contributed by atoms with Crippen LogP contribution in [0.2, 0.25) is 0 Å². The minimum atomic E-state index is -0.0523. The lowest BCUT2D eigenvalue weighted by Gasteiger charge is -2.15. The SMILES string of the molecule is C=CCc1cc(C(=O)N[C@H](C)CCc2ccccc2)ccc1OC. The predicted octanol–water partition coefficient (Wildman–Crippen LogP) is 4.17. The van der Waals surface area contributed by atoms with Gasteiger partial charge >= 0.3 is 0 Å². The number of amides is 1. The molecule has 0 fully saturated rings. The summed E-state index contributed by atoms with van der Waals surface area (Å²) < 4.78 is 5.32. The third-order valence-corrected chi connectivity index (χ3v) is 3.99. The standard InChI is InChI=1S/C21H25NO2/c1-4-8-18-15-19(13-14-20(18)24-3)21(23)22-16(2)11-12-17-9-6-5-7-10-17/h4-7,9-10,13-16H,1,8,11-12H2,2-3H3,(H,22,23)/t16-/m1/s1. The molecule has 0 saturated carbocycles. The summed E-state index contributed by atoms with van der Waals surface area (Å²) in [6.07, 6.45) is 4.34. The predicted molar refractivity (Wildman–Crippen MR) is 98.6 cm³/mol. The van der Waals surface area contributed by atoms with Crippen LogP contribution in [-0.2, 0) is 12.8 Å². The van der Waals surface area contributed by atoms with E-state index >= 15 is 0 Å². The molecular formula is C21H25NO2. The number of aryl methyl sites for hydroxylation is 1.